The standard InChI is InChI=1S/C29H40N2O3.H2/c1-19(2)26(32)25(21-8-4-3-5-9-21)30-27(33)23-11-6-10-22(14-23)24-12-7-13-31(18-24)28(34)29-15-20(16-29)17-29;/h6,10-11,14,19-21,24-25H,3-5,7-9,12-13,15-18H2,1-2H3,(H,30,33);1H/t20?,24?,25-,29?;/m1./s1. The molecule has 5 fully saturated rings. The van der Waals surface area contributed by atoms with Gasteiger partial charge in [-0.3, -0.25) is 14.4 Å². The molecule has 2 bridgehead atoms. The summed E-state index contributed by atoms with van der Waals surface area (Å²) in [5.74, 6) is 1.59. The molecule has 1 aliphatic heterocycles. The van der Waals surface area contributed by atoms with E-state index in [-0.39, 0.29) is 36.3 Å². The largest absolute Gasteiger partial charge is 0.342 e. The molecular weight excluding hydrogens is 424 g/mol. The molecule has 6 rings (SSSR count). The maximum atomic E-state index is 13.3. The minimum absolute atomic E-state index is 0. The van der Waals surface area contributed by atoms with Crippen LogP contribution in [0.15, 0.2) is 24.3 Å². The molecule has 4 aliphatic carbocycles. The van der Waals surface area contributed by atoms with Gasteiger partial charge in [-0.15, -0.1) is 0 Å². The lowest BCUT2D eigenvalue weighted by atomic mass is 9.44. The first-order chi connectivity index (χ1) is 16.4. The zero-order valence-electron chi connectivity index (χ0n) is 20.9. The number of Topliss-reactive ketones (excluding diaryl/α,β-unsaturated/α-hetero) is 1. The van der Waals surface area contributed by atoms with Crippen molar-refractivity contribution in [3.63, 3.8) is 0 Å². The number of carbonyl (C=O) groups excluding carboxylic acids is 3. The molecule has 1 unspecified atom stereocenters. The van der Waals surface area contributed by atoms with Crippen LogP contribution in [0.1, 0.15) is 101 Å². The molecule has 5 heteroatoms. The quantitative estimate of drug-likeness (QED) is 0.590. The van der Waals surface area contributed by atoms with Crippen LogP contribution < -0.4 is 5.32 Å². The summed E-state index contributed by atoms with van der Waals surface area (Å²) in [7, 11) is 0. The molecular formula is C29H42N2O3. The Bertz CT molecular complexity index is 938. The fraction of sp³-hybridized carbons (Fsp3) is 0.690. The molecule has 1 saturated heterocycles. The molecule has 0 aromatic heterocycles. The zero-order chi connectivity index (χ0) is 23.9. The molecule has 34 heavy (non-hydrogen) atoms. The average molecular weight is 467 g/mol. The summed E-state index contributed by atoms with van der Waals surface area (Å²) in [6.07, 6.45) is 10.9. The molecule has 4 saturated carbocycles. The highest BCUT2D eigenvalue weighted by molar-refractivity contribution is 5.98. The van der Waals surface area contributed by atoms with Crippen LogP contribution in [0.4, 0.5) is 0 Å². The van der Waals surface area contributed by atoms with Crippen molar-refractivity contribution in [2.45, 2.75) is 90.0 Å². The van der Waals surface area contributed by atoms with Gasteiger partial charge in [-0.25, -0.2) is 0 Å². The van der Waals surface area contributed by atoms with E-state index < -0.39 is 6.04 Å². The number of benzene rings is 1. The summed E-state index contributed by atoms with van der Waals surface area (Å²) < 4.78 is 0. The van der Waals surface area contributed by atoms with E-state index in [1.165, 1.54) is 6.42 Å². The summed E-state index contributed by atoms with van der Waals surface area (Å²) in [5, 5.41) is 3.13. The van der Waals surface area contributed by atoms with Crippen molar-refractivity contribution in [2.75, 3.05) is 13.1 Å². The molecule has 1 N–H and O–H groups in total. The molecule has 1 heterocycles. The van der Waals surface area contributed by atoms with Crippen molar-refractivity contribution in [2.24, 2.45) is 23.2 Å². The molecule has 186 valence electrons. The number of hydrogen-bond donors (Lipinski definition) is 1. The number of hydrogen-bond acceptors (Lipinski definition) is 3. The predicted molar refractivity (Wildman–Crippen MR) is 135 cm³/mol. The van der Waals surface area contributed by atoms with Gasteiger partial charge in [-0.05, 0) is 74.5 Å². The van der Waals surface area contributed by atoms with Crippen molar-refractivity contribution in [3.8, 4) is 0 Å². The van der Waals surface area contributed by atoms with Crippen molar-refractivity contribution in [1.82, 2.24) is 10.2 Å². The molecule has 5 nitrogen and oxygen atoms in total. The number of likely N-dealkylation sites (tertiary alicyclic amines) is 1. The summed E-state index contributed by atoms with van der Waals surface area (Å²) >= 11 is 0. The van der Waals surface area contributed by atoms with Crippen molar-refractivity contribution in [3.05, 3.63) is 35.4 Å². The van der Waals surface area contributed by atoms with E-state index in [4.69, 9.17) is 0 Å². The number of nitrogens with zero attached hydrogens (tertiary/aromatic N) is 1. The number of ketones is 1. The smallest absolute Gasteiger partial charge is 0.251 e. The van der Waals surface area contributed by atoms with E-state index in [1.807, 2.05) is 32.0 Å². The molecule has 1 aromatic rings. The van der Waals surface area contributed by atoms with Crippen molar-refractivity contribution >= 4 is 17.6 Å². The molecule has 0 spiro atoms. The number of carbonyl (C=O) groups is 3. The molecule has 2 atom stereocenters. The summed E-state index contributed by atoms with van der Waals surface area (Å²) in [6, 6.07) is 7.49. The second-order valence-corrected chi connectivity index (χ2v) is 11.9. The summed E-state index contributed by atoms with van der Waals surface area (Å²) in [6.45, 7) is 5.47. The zero-order valence-corrected chi connectivity index (χ0v) is 20.9. The van der Waals surface area contributed by atoms with Gasteiger partial charge in [0.2, 0.25) is 5.91 Å². The maximum Gasteiger partial charge on any atom is 0.251 e. The highest BCUT2D eigenvalue weighted by Gasteiger charge is 2.62. The third kappa shape index (κ3) is 4.43. The number of rotatable bonds is 7. The summed E-state index contributed by atoms with van der Waals surface area (Å²) in [4.78, 5) is 41.5. The van der Waals surface area contributed by atoms with E-state index in [1.54, 1.807) is 0 Å². The number of piperidine rings is 1. The topological polar surface area (TPSA) is 66.5 Å². The van der Waals surface area contributed by atoms with Gasteiger partial charge in [-0.1, -0.05) is 45.2 Å². The number of amides is 2. The lowest BCUT2D eigenvalue weighted by Gasteiger charge is -2.61. The summed E-state index contributed by atoms with van der Waals surface area (Å²) in [5.41, 5.74) is 1.73. The molecule has 1 aromatic carbocycles. The van der Waals surface area contributed by atoms with Crippen LogP contribution in [-0.4, -0.2) is 41.6 Å². The van der Waals surface area contributed by atoms with Crippen LogP contribution in [0.2, 0.25) is 0 Å². The number of nitrogens with one attached hydrogen (secondary N) is 1. The highest BCUT2D eigenvalue weighted by Crippen LogP contribution is 2.65. The van der Waals surface area contributed by atoms with Crippen LogP contribution in [-0.2, 0) is 9.59 Å². The van der Waals surface area contributed by atoms with E-state index >= 15 is 0 Å². The van der Waals surface area contributed by atoms with Gasteiger partial charge in [0.05, 0.1) is 11.5 Å². The Morgan fingerprint density at radius 3 is 2.41 bits per heavy atom. The lowest BCUT2D eigenvalue weighted by molar-refractivity contribution is -0.178. The van der Waals surface area contributed by atoms with Crippen LogP contribution in [0.5, 0.6) is 0 Å². The van der Waals surface area contributed by atoms with Crippen LogP contribution in [0.3, 0.4) is 0 Å². The second-order valence-electron chi connectivity index (χ2n) is 11.9. The van der Waals surface area contributed by atoms with Crippen LogP contribution >= 0.6 is 0 Å². The third-order valence-electron chi connectivity index (χ3n) is 9.10. The molecule has 5 aliphatic rings. The van der Waals surface area contributed by atoms with Gasteiger partial charge >= 0.3 is 0 Å². The van der Waals surface area contributed by atoms with E-state index in [0.717, 1.165) is 82.4 Å². The Kier molecular flexibility index (Phi) is 6.56. The first-order valence-electron chi connectivity index (χ1n) is 13.6. The van der Waals surface area contributed by atoms with Crippen LogP contribution in [0.25, 0.3) is 0 Å². The minimum atomic E-state index is -0.396. The first kappa shape index (κ1) is 23.6. The normalized spacial score (nSPS) is 29.7. The van der Waals surface area contributed by atoms with Gasteiger partial charge in [0, 0.05) is 31.9 Å². The minimum Gasteiger partial charge on any atom is -0.342 e. The highest BCUT2D eigenvalue weighted by atomic mass is 16.2. The van der Waals surface area contributed by atoms with E-state index in [2.05, 4.69) is 16.3 Å². The van der Waals surface area contributed by atoms with Gasteiger partial charge in [0.15, 0.2) is 5.78 Å². The van der Waals surface area contributed by atoms with Crippen molar-refractivity contribution in [1.29, 1.82) is 0 Å². The Morgan fingerprint density at radius 2 is 1.76 bits per heavy atom. The maximum absolute atomic E-state index is 13.3. The SMILES string of the molecule is CC(C)C(=O)[C@H](NC(=O)c1cccc(C2CCCN(C(=O)C34CC(C3)C4)C2)c1)C1CCCCC1.[HH]. The molecule has 0 radical (unpaired) electrons. The van der Waals surface area contributed by atoms with Crippen molar-refractivity contribution < 1.29 is 15.8 Å². The van der Waals surface area contributed by atoms with Gasteiger partial charge in [-0.2, -0.15) is 0 Å². The van der Waals surface area contributed by atoms with Gasteiger partial charge in [0.1, 0.15) is 0 Å². The van der Waals surface area contributed by atoms with Gasteiger partial charge < -0.3 is 10.2 Å². The molecule has 2 amide bonds. The van der Waals surface area contributed by atoms with Gasteiger partial charge in [0.25, 0.3) is 5.91 Å². The Balaban J connectivity index is 0.00000289. The predicted octanol–water partition coefficient (Wildman–Crippen LogP) is 5.34. The second kappa shape index (κ2) is 9.47. The monoisotopic (exact) mass is 466 g/mol. The van der Waals surface area contributed by atoms with E-state index in [9.17, 15) is 14.4 Å². The average Bonchev–Trinajstić information content (AvgIpc) is 2.80. The first-order valence-corrected chi connectivity index (χ1v) is 13.6. The fourth-order valence-electron chi connectivity index (χ4n) is 6.92. The fourth-order valence-corrected chi connectivity index (χ4v) is 6.92. The Hall–Kier alpha value is -2.17. The van der Waals surface area contributed by atoms with Crippen LogP contribution in [0, 0.1) is 23.2 Å². The lowest BCUT2D eigenvalue weighted by Crippen LogP contribution is -2.62. The Morgan fingerprint density at radius 1 is 1.03 bits per heavy atom. The third-order valence-corrected chi connectivity index (χ3v) is 9.10. The van der Waals surface area contributed by atoms with E-state index in [0.29, 0.717) is 11.5 Å². The Labute approximate surface area is 205 Å².